The quantitative estimate of drug-likeness (QED) is 0.539. The molecule has 4 rings (SSSR count). The summed E-state index contributed by atoms with van der Waals surface area (Å²) in [5.41, 5.74) is 1.79. The Balaban J connectivity index is 1.86. The first kappa shape index (κ1) is 20.0. The highest BCUT2D eigenvalue weighted by atomic mass is 16.5. The van der Waals surface area contributed by atoms with Gasteiger partial charge >= 0.3 is 5.97 Å². The lowest BCUT2D eigenvalue weighted by atomic mass is 10.3. The van der Waals surface area contributed by atoms with E-state index in [1.54, 1.807) is 10.9 Å². The van der Waals surface area contributed by atoms with Crippen molar-refractivity contribution in [2.24, 2.45) is 0 Å². The Morgan fingerprint density at radius 3 is 2.80 bits per heavy atom. The predicted octanol–water partition coefficient (Wildman–Crippen LogP) is 2.61. The molecule has 0 bridgehead atoms. The molecule has 0 spiro atoms. The first-order valence-corrected chi connectivity index (χ1v) is 10.1. The van der Waals surface area contributed by atoms with Gasteiger partial charge in [-0.15, -0.1) is 0 Å². The number of pyridine rings is 1. The van der Waals surface area contributed by atoms with Crippen LogP contribution in [-0.2, 0) is 11.3 Å². The van der Waals surface area contributed by atoms with E-state index < -0.39 is 5.97 Å². The van der Waals surface area contributed by atoms with Gasteiger partial charge in [-0.25, -0.2) is 14.8 Å². The number of aryl methyl sites for hydroxylation is 1. The van der Waals surface area contributed by atoms with Crippen molar-refractivity contribution in [3.63, 3.8) is 0 Å². The van der Waals surface area contributed by atoms with E-state index >= 15 is 0 Å². The maximum atomic E-state index is 11.9. The summed E-state index contributed by atoms with van der Waals surface area (Å²) in [6.07, 6.45) is 3.83. The van der Waals surface area contributed by atoms with Crippen LogP contribution in [0.3, 0.4) is 0 Å². The highest BCUT2D eigenvalue weighted by Gasteiger charge is 2.25. The summed E-state index contributed by atoms with van der Waals surface area (Å²) in [6, 6.07) is 3.81. The Morgan fingerprint density at radius 1 is 1.30 bits per heavy atom. The average Bonchev–Trinajstić information content (AvgIpc) is 3.36. The first-order chi connectivity index (χ1) is 14.6. The molecule has 0 atom stereocenters. The smallest absolute Gasteiger partial charge is 0.358 e. The molecule has 0 aromatic carbocycles. The van der Waals surface area contributed by atoms with Crippen LogP contribution in [0.25, 0.3) is 11.0 Å². The minimum absolute atomic E-state index is 0.0930. The zero-order valence-electron chi connectivity index (χ0n) is 17.1. The van der Waals surface area contributed by atoms with Gasteiger partial charge in [-0.05, 0) is 44.4 Å². The Bertz CT molecular complexity index is 1060. The molecule has 1 aliphatic rings. The lowest BCUT2D eigenvalue weighted by Crippen LogP contribution is -2.21. The van der Waals surface area contributed by atoms with Gasteiger partial charge in [-0.3, -0.25) is 4.68 Å². The van der Waals surface area contributed by atoms with Gasteiger partial charge in [-0.1, -0.05) is 0 Å². The van der Waals surface area contributed by atoms with E-state index in [1.165, 1.54) is 0 Å². The molecule has 1 saturated heterocycles. The van der Waals surface area contributed by atoms with Crippen LogP contribution >= 0.6 is 0 Å². The fourth-order valence-corrected chi connectivity index (χ4v) is 3.54. The molecule has 0 saturated carbocycles. The molecule has 0 unspecified atom stereocenters. The molecule has 10 heteroatoms. The number of aromatic nitrogens is 5. The third kappa shape index (κ3) is 4.04. The fourth-order valence-electron chi connectivity index (χ4n) is 3.54. The number of rotatable bonds is 8. The van der Waals surface area contributed by atoms with Crippen molar-refractivity contribution in [3.05, 3.63) is 29.6 Å². The summed E-state index contributed by atoms with van der Waals surface area (Å²) in [5.74, 6) is 0.483. The summed E-state index contributed by atoms with van der Waals surface area (Å²) in [5, 5.41) is 17.3. The number of nitrogens with one attached hydrogen (secondary N) is 1. The van der Waals surface area contributed by atoms with Crippen molar-refractivity contribution in [1.29, 1.82) is 0 Å². The van der Waals surface area contributed by atoms with Gasteiger partial charge in [0.05, 0.1) is 13.2 Å². The normalized spacial score (nSPS) is 13.9. The Hall–Kier alpha value is -3.27. The summed E-state index contributed by atoms with van der Waals surface area (Å²) < 4.78 is 7.04. The lowest BCUT2D eigenvalue weighted by Gasteiger charge is -2.17. The zero-order valence-corrected chi connectivity index (χ0v) is 17.1. The Labute approximate surface area is 173 Å². The molecule has 10 nitrogen and oxygen atoms in total. The highest BCUT2D eigenvalue weighted by molar-refractivity contribution is 6.03. The second kappa shape index (κ2) is 8.62. The number of hydrogen-bond donors (Lipinski definition) is 2. The van der Waals surface area contributed by atoms with Crippen molar-refractivity contribution in [1.82, 2.24) is 24.7 Å². The van der Waals surface area contributed by atoms with Crippen LogP contribution in [0.15, 0.2) is 18.3 Å². The number of ether oxygens (including phenoxy) is 1. The van der Waals surface area contributed by atoms with Crippen LogP contribution in [0.2, 0.25) is 0 Å². The molecule has 4 heterocycles. The molecule has 0 amide bonds. The van der Waals surface area contributed by atoms with E-state index in [9.17, 15) is 9.90 Å². The number of carboxylic acid groups (broad SMARTS) is 1. The summed E-state index contributed by atoms with van der Waals surface area (Å²) in [4.78, 5) is 27.7. The van der Waals surface area contributed by atoms with Crippen molar-refractivity contribution < 1.29 is 14.6 Å². The Kier molecular flexibility index (Phi) is 5.75. The third-order valence-corrected chi connectivity index (χ3v) is 4.98. The first-order valence-electron chi connectivity index (χ1n) is 10.1. The van der Waals surface area contributed by atoms with Gasteiger partial charge in [0.15, 0.2) is 11.5 Å². The minimum atomic E-state index is -1.12. The molecule has 0 aliphatic carbocycles. The maximum absolute atomic E-state index is 11.9. The van der Waals surface area contributed by atoms with E-state index in [-0.39, 0.29) is 5.69 Å². The van der Waals surface area contributed by atoms with Crippen molar-refractivity contribution >= 4 is 34.6 Å². The standard InChI is InChI=1S/C20H25N7O3/c1-3-30-11-10-27-17-15(16(25-27)19(28)29)23-20(26-8-4-5-9-26)24-18(17)22-14-12-13(2)6-7-21-14/h6-7,12H,3-5,8-11H2,1-2H3,(H,28,29)(H,21,22,23,24). The Morgan fingerprint density at radius 2 is 2.10 bits per heavy atom. The number of fused-ring (bicyclic) bond motifs is 1. The molecular weight excluding hydrogens is 386 g/mol. The molecular formula is C20H25N7O3. The predicted molar refractivity (Wildman–Crippen MR) is 112 cm³/mol. The molecule has 3 aromatic rings. The van der Waals surface area contributed by atoms with Gasteiger partial charge in [0.25, 0.3) is 0 Å². The lowest BCUT2D eigenvalue weighted by molar-refractivity contribution is 0.0690. The largest absolute Gasteiger partial charge is 0.476 e. The second-order valence-electron chi connectivity index (χ2n) is 7.18. The number of anilines is 3. The monoisotopic (exact) mass is 411 g/mol. The molecule has 1 aliphatic heterocycles. The van der Waals surface area contributed by atoms with Gasteiger partial charge in [0, 0.05) is 25.9 Å². The molecule has 158 valence electrons. The minimum Gasteiger partial charge on any atom is -0.476 e. The summed E-state index contributed by atoms with van der Waals surface area (Å²) in [7, 11) is 0. The van der Waals surface area contributed by atoms with Gasteiger partial charge in [0.1, 0.15) is 16.9 Å². The van der Waals surface area contributed by atoms with Crippen LogP contribution in [0.4, 0.5) is 17.6 Å². The number of hydrogen-bond acceptors (Lipinski definition) is 8. The van der Waals surface area contributed by atoms with E-state index in [0.29, 0.717) is 48.4 Å². The number of carboxylic acids is 1. The average molecular weight is 411 g/mol. The van der Waals surface area contributed by atoms with Crippen LogP contribution < -0.4 is 10.2 Å². The number of aromatic carboxylic acids is 1. The van der Waals surface area contributed by atoms with Gasteiger partial charge in [0.2, 0.25) is 5.95 Å². The SMILES string of the molecule is CCOCCn1nc(C(=O)O)c2nc(N3CCCC3)nc(Nc3cc(C)ccn3)c21. The second-order valence-corrected chi connectivity index (χ2v) is 7.18. The van der Waals surface area contributed by atoms with Gasteiger partial charge < -0.3 is 20.1 Å². The van der Waals surface area contributed by atoms with Crippen LogP contribution in [0.5, 0.6) is 0 Å². The van der Waals surface area contributed by atoms with E-state index in [4.69, 9.17) is 9.72 Å². The number of carbonyl (C=O) groups is 1. The fraction of sp³-hybridized carbons (Fsp3) is 0.450. The molecule has 2 N–H and O–H groups in total. The van der Waals surface area contributed by atoms with E-state index in [2.05, 4.69) is 25.3 Å². The molecule has 0 radical (unpaired) electrons. The third-order valence-electron chi connectivity index (χ3n) is 4.98. The van der Waals surface area contributed by atoms with Crippen LogP contribution in [-0.4, -0.2) is 62.1 Å². The summed E-state index contributed by atoms with van der Waals surface area (Å²) >= 11 is 0. The zero-order chi connectivity index (χ0) is 21.1. The molecule has 1 fully saturated rings. The number of nitrogens with zero attached hydrogens (tertiary/aromatic N) is 6. The highest BCUT2D eigenvalue weighted by Crippen LogP contribution is 2.29. The van der Waals surface area contributed by atoms with Crippen LogP contribution in [0.1, 0.15) is 35.8 Å². The van der Waals surface area contributed by atoms with E-state index in [1.807, 2.05) is 26.0 Å². The maximum Gasteiger partial charge on any atom is 0.358 e. The van der Waals surface area contributed by atoms with Crippen molar-refractivity contribution in [2.75, 3.05) is 36.5 Å². The molecule has 30 heavy (non-hydrogen) atoms. The van der Waals surface area contributed by atoms with Gasteiger partial charge in [-0.2, -0.15) is 10.1 Å². The van der Waals surface area contributed by atoms with Crippen molar-refractivity contribution in [2.45, 2.75) is 33.2 Å². The van der Waals surface area contributed by atoms with E-state index in [0.717, 1.165) is 31.5 Å². The topological polar surface area (TPSA) is 118 Å². The summed E-state index contributed by atoms with van der Waals surface area (Å²) in [6.45, 7) is 6.93. The van der Waals surface area contributed by atoms with Crippen LogP contribution in [0, 0.1) is 6.92 Å². The molecule has 3 aromatic heterocycles. The van der Waals surface area contributed by atoms with Crippen molar-refractivity contribution in [3.8, 4) is 0 Å².